The molecule has 1 aromatic carbocycles. The van der Waals surface area contributed by atoms with Crippen LogP contribution in [0.25, 0.3) is 17.1 Å². The van der Waals surface area contributed by atoms with E-state index in [1.54, 1.807) is 20.2 Å². The lowest BCUT2D eigenvalue weighted by Crippen LogP contribution is -2.22. The van der Waals surface area contributed by atoms with Crippen LogP contribution in [0.2, 0.25) is 0 Å². The summed E-state index contributed by atoms with van der Waals surface area (Å²) < 4.78 is 0. The van der Waals surface area contributed by atoms with E-state index in [1.165, 1.54) is 11.2 Å². The lowest BCUT2D eigenvalue weighted by Gasteiger charge is -2.19. The summed E-state index contributed by atoms with van der Waals surface area (Å²) in [6, 6.07) is 11.5. The molecule has 1 amide bonds. The Morgan fingerprint density at radius 2 is 2.04 bits per heavy atom. The minimum Gasteiger partial charge on any atom is -0.346 e. The first-order valence-electron chi connectivity index (χ1n) is 7.96. The predicted molar refractivity (Wildman–Crippen MR) is 101 cm³/mol. The Hall–Kier alpha value is -3.66. The van der Waals surface area contributed by atoms with E-state index in [0.29, 0.717) is 0 Å². The van der Waals surface area contributed by atoms with E-state index in [0.717, 1.165) is 28.1 Å². The van der Waals surface area contributed by atoms with Crippen LogP contribution in [-0.4, -0.2) is 46.9 Å². The van der Waals surface area contributed by atoms with Crippen molar-refractivity contribution in [3.8, 4) is 6.07 Å². The van der Waals surface area contributed by atoms with Gasteiger partial charge in [-0.05, 0) is 29.8 Å². The van der Waals surface area contributed by atoms with Crippen molar-refractivity contribution in [3.63, 3.8) is 0 Å². The summed E-state index contributed by atoms with van der Waals surface area (Å²) in [5.41, 5.74) is 2.50. The van der Waals surface area contributed by atoms with Crippen LogP contribution in [-0.2, 0) is 4.79 Å². The van der Waals surface area contributed by atoms with E-state index in [9.17, 15) is 10.1 Å². The van der Waals surface area contributed by atoms with Gasteiger partial charge in [0.05, 0.1) is 5.39 Å². The smallest absolute Gasteiger partial charge is 0.264 e. The number of carbonyl (C=O) groups is 1. The number of fused-ring (bicyclic) bond motifs is 1. The number of amides is 1. The molecule has 0 atom stereocenters. The first-order chi connectivity index (χ1) is 12.5. The van der Waals surface area contributed by atoms with Crippen LogP contribution >= 0.6 is 0 Å². The van der Waals surface area contributed by atoms with Crippen molar-refractivity contribution >= 4 is 34.5 Å². The molecule has 0 fully saturated rings. The van der Waals surface area contributed by atoms with E-state index >= 15 is 0 Å². The first kappa shape index (κ1) is 17.2. The van der Waals surface area contributed by atoms with Crippen molar-refractivity contribution < 1.29 is 4.79 Å². The Bertz CT molecular complexity index is 1030. The van der Waals surface area contributed by atoms with Gasteiger partial charge in [-0.15, -0.1) is 0 Å². The number of aromatic amines is 1. The number of nitrogens with one attached hydrogen (secondary N) is 1. The van der Waals surface area contributed by atoms with Gasteiger partial charge in [-0.25, -0.2) is 9.97 Å². The highest BCUT2D eigenvalue weighted by atomic mass is 16.2. The fraction of sp³-hybridized carbons (Fsp3) is 0.158. The summed E-state index contributed by atoms with van der Waals surface area (Å²) in [6.45, 7) is 0. The fourth-order valence-corrected chi connectivity index (χ4v) is 2.62. The van der Waals surface area contributed by atoms with Gasteiger partial charge in [-0.3, -0.25) is 4.79 Å². The number of benzene rings is 1. The Kier molecular flexibility index (Phi) is 4.67. The van der Waals surface area contributed by atoms with Crippen LogP contribution < -0.4 is 4.90 Å². The number of carbonyl (C=O) groups excluding carboxylic acids is 1. The molecule has 0 spiro atoms. The molecule has 3 rings (SSSR count). The molecule has 7 nitrogen and oxygen atoms in total. The Labute approximate surface area is 151 Å². The Morgan fingerprint density at radius 3 is 2.77 bits per heavy atom. The van der Waals surface area contributed by atoms with Gasteiger partial charge < -0.3 is 14.8 Å². The second kappa shape index (κ2) is 7.07. The summed E-state index contributed by atoms with van der Waals surface area (Å²) in [5.74, 6) is 0.443. The molecule has 26 heavy (non-hydrogen) atoms. The highest BCUT2D eigenvalue weighted by Crippen LogP contribution is 2.28. The average Bonchev–Trinajstić information content (AvgIpc) is 3.14. The molecule has 2 aromatic heterocycles. The molecular formula is C19H18N6O. The normalized spacial score (nSPS) is 11.2. The van der Waals surface area contributed by atoms with Crippen molar-refractivity contribution in [1.29, 1.82) is 5.26 Å². The van der Waals surface area contributed by atoms with Crippen LogP contribution in [0.15, 0.2) is 48.4 Å². The highest BCUT2D eigenvalue weighted by Gasteiger charge is 2.13. The molecule has 130 valence electrons. The van der Waals surface area contributed by atoms with Crippen LogP contribution in [0.3, 0.4) is 0 Å². The van der Waals surface area contributed by atoms with Gasteiger partial charge in [-0.1, -0.05) is 12.1 Å². The zero-order valence-electron chi connectivity index (χ0n) is 14.8. The van der Waals surface area contributed by atoms with Gasteiger partial charge in [0, 0.05) is 33.0 Å². The van der Waals surface area contributed by atoms with Gasteiger partial charge in [0.25, 0.3) is 5.91 Å². The summed E-state index contributed by atoms with van der Waals surface area (Å²) in [6.07, 6.45) is 4.92. The number of nitrogens with zero attached hydrogens (tertiary/aromatic N) is 5. The van der Waals surface area contributed by atoms with E-state index in [1.807, 2.05) is 54.5 Å². The average molecular weight is 346 g/mol. The van der Waals surface area contributed by atoms with Crippen molar-refractivity contribution in [2.24, 2.45) is 0 Å². The van der Waals surface area contributed by atoms with Gasteiger partial charge in [0.2, 0.25) is 0 Å². The Balaban J connectivity index is 1.98. The second-order valence-corrected chi connectivity index (χ2v) is 5.96. The molecule has 0 saturated heterocycles. The standard InChI is InChI=1S/C19H18N6O/c1-24(2)19(26)14(11-20)9-13-5-4-6-15(10-13)25(3)18-16-7-8-21-17(16)22-12-23-18/h4-10,12H,1-3H3,(H,21,22,23)/b14-9+. The van der Waals surface area contributed by atoms with Gasteiger partial charge in [0.1, 0.15) is 29.4 Å². The van der Waals surface area contributed by atoms with E-state index in [2.05, 4.69) is 15.0 Å². The van der Waals surface area contributed by atoms with Gasteiger partial charge >= 0.3 is 0 Å². The van der Waals surface area contributed by atoms with Crippen LogP contribution in [0.4, 0.5) is 11.5 Å². The summed E-state index contributed by atoms with van der Waals surface area (Å²) in [5, 5.41) is 10.2. The number of rotatable bonds is 4. The van der Waals surface area contributed by atoms with Crippen molar-refractivity contribution in [3.05, 3.63) is 54.0 Å². The second-order valence-electron chi connectivity index (χ2n) is 5.96. The molecule has 0 unspecified atom stereocenters. The third-order valence-electron chi connectivity index (χ3n) is 3.98. The number of H-pyrrole nitrogens is 1. The molecule has 0 aliphatic rings. The summed E-state index contributed by atoms with van der Waals surface area (Å²) in [4.78, 5) is 27.0. The van der Waals surface area contributed by atoms with E-state index < -0.39 is 0 Å². The third-order valence-corrected chi connectivity index (χ3v) is 3.98. The minimum absolute atomic E-state index is 0.0878. The lowest BCUT2D eigenvalue weighted by atomic mass is 10.1. The number of aromatic nitrogens is 3. The summed E-state index contributed by atoms with van der Waals surface area (Å²) >= 11 is 0. The monoisotopic (exact) mass is 346 g/mol. The topological polar surface area (TPSA) is 88.9 Å². The molecular weight excluding hydrogens is 328 g/mol. The minimum atomic E-state index is -0.323. The van der Waals surface area contributed by atoms with Gasteiger partial charge in [-0.2, -0.15) is 5.26 Å². The molecule has 0 saturated carbocycles. The zero-order valence-corrected chi connectivity index (χ0v) is 14.8. The fourth-order valence-electron chi connectivity index (χ4n) is 2.62. The maximum absolute atomic E-state index is 12.0. The molecule has 0 radical (unpaired) electrons. The highest BCUT2D eigenvalue weighted by molar-refractivity contribution is 6.01. The molecule has 3 aromatic rings. The lowest BCUT2D eigenvalue weighted by molar-refractivity contribution is -0.124. The zero-order chi connectivity index (χ0) is 18.7. The van der Waals surface area contributed by atoms with Crippen molar-refractivity contribution in [2.75, 3.05) is 26.0 Å². The maximum Gasteiger partial charge on any atom is 0.264 e. The third kappa shape index (κ3) is 3.26. The number of nitriles is 1. The first-order valence-corrected chi connectivity index (χ1v) is 7.96. The number of hydrogen-bond donors (Lipinski definition) is 1. The number of hydrogen-bond acceptors (Lipinski definition) is 5. The molecule has 2 heterocycles. The molecule has 7 heteroatoms. The van der Waals surface area contributed by atoms with Crippen LogP contribution in [0.5, 0.6) is 0 Å². The van der Waals surface area contributed by atoms with E-state index in [4.69, 9.17) is 0 Å². The SMILES string of the molecule is CN(C)C(=O)/C(C#N)=C/c1cccc(N(C)c2ncnc3[nH]ccc23)c1. The molecule has 0 aliphatic carbocycles. The van der Waals surface area contributed by atoms with Crippen molar-refractivity contribution in [2.45, 2.75) is 0 Å². The molecule has 0 bridgehead atoms. The molecule has 0 aliphatic heterocycles. The quantitative estimate of drug-likeness (QED) is 0.579. The number of anilines is 2. The van der Waals surface area contributed by atoms with E-state index in [-0.39, 0.29) is 11.5 Å². The summed E-state index contributed by atoms with van der Waals surface area (Å²) in [7, 11) is 5.15. The molecule has 1 N–H and O–H groups in total. The Morgan fingerprint density at radius 1 is 1.23 bits per heavy atom. The largest absolute Gasteiger partial charge is 0.346 e. The number of likely N-dealkylation sites (N-methyl/N-ethyl adjacent to an activating group) is 1. The van der Waals surface area contributed by atoms with Crippen LogP contribution in [0, 0.1) is 11.3 Å². The maximum atomic E-state index is 12.0. The van der Waals surface area contributed by atoms with Crippen LogP contribution in [0.1, 0.15) is 5.56 Å². The predicted octanol–water partition coefficient (Wildman–Crippen LogP) is 2.72. The van der Waals surface area contributed by atoms with Crippen molar-refractivity contribution in [1.82, 2.24) is 19.9 Å². The van der Waals surface area contributed by atoms with Gasteiger partial charge in [0.15, 0.2) is 0 Å².